The summed E-state index contributed by atoms with van der Waals surface area (Å²) < 4.78 is 0. The maximum absolute atomic E-state index is 12.0. The number of aliphatic hydroxyl groups is 1. The molecule has 0 radical (unpaired) electrons. The number of carboxylic acid groups (broad SMARTS) is 1. The zero-order valence-corrected chi connectivity index (χ0v) is 19.8. The van der Waals surface area contributed by atoms with Crippen LogP contribution in [0.25, 0.3) is 0 Å². The molecule has 5 N–H and O–H groups in total. The topological polar surface area (TPSA) is 107 Å². The Labute approximate surface area is 193 Å². The maximum atomic E-state index is 12.0. The first-order chi connectivity index (χ1) is 13.2. The van der Waals surface area contributed by atoms with Crippen LogP contribution < -0.4 is 5.73 Å². The molecule has 6 nitrogen and oxygen atoms in total. The number of carboxylic acids is 1. The standard InChI is InChI=1S/C21H35BN2O4.2ClH/c1-14(2)12-24-13-16-11-18(26)6-5-15(16)10-17(24)7-8-21(23,20(27)28)19(22)4-3-9-25;;/h5-6,11,14,17,19,25-26H,3-4,7-10,12-13,22-23H2,1-2H3,(H,27,28);2*1H. The zero-order chi connectivity index (χ0) is 20.9. The van der Waals surface area contributed by atoms with Crippen molar-refractivity contribution in [2.45, 2.75) is 69.9 Å². The summed E-state index contributed by atoms with van der Waals surface area (Å²) in [5.41, 5.74) is 7.45. The van der Waals surface area contributed by atoms with Gasteiger partial charge < -0.3 is 21.1 Å². The van der Waals surface area contributed by atoms with Crippen LogP contribution >= 0.6 is 24.8 Å². The van der Waals surface area contributed by atoms with Crippen molar-refractivity contribution in [2.75, 3.05) is 13.2 Å². The van der Waals surface area contributed by atoms with Crippen LogP contribution in [0.15, 0.2) is 18.2 Å². The van der Waals surface area contributed by atoms with Crippen molar-refractivity contribution in [1.29, 1.82) is 0 Å². The van der Waals surface area contributed by atoms with Crippen molar-refractivity contribution in [3.05, 3.63) is 29.3 Å². The number of phenols is 1. The fourth-order valence-electron chi connectivity index (χ4n) is 4.28. The first-order valence-corrected chi connectivity index (χ1v) is 10.3. The largest absolute Gasteiger partial charge is 0.508 e. The molecule has 2 rings (SSSR count). The van der Waals surface area contributed by atoms with E-state index in [0.29, 0.717) is 31.6 Å². The van der Waals surface area contributed by atoms with Crippen LogP contribution in [0.3, 0.4) is 0 Å². The van der Waals surface area contributed by atoms with Crippen LogP contribution in [0.1, 0.15) is 50.7 Å². The lowest BCUT2D eigenvalue weighted by Gasteiger charge is -2.40. The number of hydrogen-bond acceptors (Lipinski definition) is 5. The van der Waals surface area contributed by atoms with E-state index in [1.54, 1.807) is 6.07 Å². The lowest BCUT2D eigenvalue weighted by Crippen LogP contribution is -2.53. The predicted molar refractivity (Wildman–Crippen MR) is 128 cm³/mol. The monoisotopic (exact) mass is 462 g/mol. The molecule has 0 fully saturated rings. The van der Waals surface area contributed by atoms with E-state index in [4.69, 9.17) is 10.8 Å². The number of aliphatic carboxylic acids is 1. The molecule has 0 aliphatic carbocycles. The van der Waals surface area contributed by atoms with Crippen LogP contribution in [0.2, 0.25) is 5.82 Å². The van der Waals surface area contributed by atoms with E-state index in [2.05, 4.69) is 18.7 Å². The van der Waals surface area contributed by atoms with E-state index < -0.39 is 11.5 Å². The Balaban J connectivity index is 0.00000420. The average molecular weight is 463 g/mol. The molecule has 3 atom stereocenters. The van der Waals surface area contributed by atoms with Gasteiger partial charge in [0, 0.05) is 25.7 Å². The van der Waals surface area contributed by atoms with Crippen molar-refractivity contribution < 1.29 is 20.1 Å². The van der Waals surface area contributed by atoms with Crippen molar-refractivity contribution >= 4 is 38.6 Å². The van der Waals surface area contributed by atoms with Gasteiger partial charge in [0.2, 0.25) is 0 Å². The Morgan fingerprint density at radius 3 is 2.57 bits per heavy atom. The van der Waals surface area contributed by atoms with Crippen LogP contribution in [0.4, 0.5) is 0 Å². The second-order valence-corrected chi connectivity index (χ2v) is 8.79. The molecule has 0 bridgehead atoms. The van der Waals surface area contributed by atoms with E-state index in [1.807, 2.05) is 20.0 Å². The van der Waals surface area contributed by atoms with Crippen molar-refractivity contribution in [2.24, 2.45) is 11.7 Å². The molecular formula is C21H37BCl2N2O4. The van der Waals surface area contributed by atoms with E-state index in [9.17, 15) is 15.0 Å². The minimum absolute atomic E-state index is 0. The molecule has 0 saturated carbocycles. The molecule has 172 valence electrons. The summed E-state index contributed by atoms with van der Waals surface area (Å²) in [4.78, 5) is 14.4. The molecule has 3 unspecified atom stereocenters. The molecule has 1 heterocycles. The van der Waals surface area contributed by atoms with Gasteiger partial charge in [0.25, 0.3) is 0 Å². The highest BCUT2D eigenvalue weighted by atomic mass is 35.5. The highest BCUT2D eigenvalue weighted by molar-refractivity contribution is 6.15. The third-order valence-electron chi connectivity index (χ3n) is 6.10. The van der Waals surface area contributed by atoms with Gasteiger partial charge in [-0.25, -0.2) is 0 Å². The Hall–Kier alpha value is -0.985. The first kappa shape index (κ1) is 29.0. The minimum atomic E-state index is -1.28. The summed E-state index contributed by atoms with van der Waals surface area (Å²) in [5, 5.41) is 28.7. The number of rotatable bonds is 10. The molecule has 0 spiro atoms. The summed E-state index contributed by atoms with van der Waals surface area (Å²) in [6.45, 7) is 6.09. The second kappa shape index (κ2) is 12.8. The number of benzene rings is 1. The Kier molecular flexibility index (Phi) is 12.3. The Morgan fingerprint density at radius 2 is 2.00 bits per heavy atom. The highest BCUT2D eigenvalue weighted by Crippen LogP contribution is 2.33. The van der Waals surface area contributed by atoms with E-state index in [0.717, 1.165) is 25.1 Å². The fraction of sp³-hybridized carbons (Fsp3) is 0.667. The summed E-state index contributed by atoms with van der Waals surface area (Å²) in [7, 11) is 1.87. The van der Waals surface area contributed by atoms with E-state index >= 15 is 0 Å². The number of carbonyl (C=O) groups is 1. The van der Waals surface area contributed by atoms with Gasteiger partial charge in [-0.15, -0.1) is 24.8 Å². The Bertz CT molecular complexity index is 680. The number of fused-ring (bicyclic) bond motifs is 1. The van der Waals surface area contributed by atoms with Gasteiger partial charge >= 0.3 is 5.97 Å². The van der Waals surface area contributed by atoms with Gasteiger partial charge in [-0.05, 0) is 60.7 Å². The van der Waals surface area contributed by atoms with Gasteiger partial charge in [-0.1, -0.05) is 26.3 Å². The lowest BCUT2D eigenvalue weighted by molar-refractivity contribution is -0.144. The number of hydrogen-bond donors (Lipinski definition) is 4. The van der Waals surface area contributed by atoms with Gasteiger partial charge in [0.15, 0.2) is 0 Å². The van der Waals surface area contributed by atoms with Gasteiger partial charge in [0.1, 0.15) is 19.1 Å². The van der Waals surface area contributed by atoms with Crippen molar-refractivity contribution in [1.82, 2.24) is 4.90 Å². The number of phenolic OH excluding ortho intramolecular Hbond substituents is 1. The molecule has 0 amide bonds. The first-order valence-electron chi connectivity index (χ1n) is 10.3. The molecule has 9 heteroatoms. The fourth-order valence-corrected chi connectivity index (χ4v) is 4.28. The zero-order valence-electron chi connectivity index (χ0n) is 18.2. The smallest absolute Gasteiger partial charge is 0.323 e. The van der Waals surface area contributed by atoms with E-state index in [-0.39, 0.29) is 49.0 Å². The highest BCUT2D eigenvalue weighted by Gasteiger charge is 2.40. The van der Waals surface area contributed by atoms with Gasteiger partial charge in [-0.2, -0.15) is 0 Å². The number of halogens is 2. The molecule has 1 aromatic carbocycles. The van der Waals surface area contributed by atoms with Crippen LogP contribution in [-0.4, -0.2) is 58.8 Å². The van der Waals surface area contributed by atoms with Crippen LogP contribution in [-0.2, 0) is 17.8 Å². The third-order valence-corrected chi connectivity index (χ3v) is 6.10. The summed E-state index contributed by atoms with van der Waals surface area (Å²) in [6.07, 6.45) is 3.11. The SMILES string of the molecule is BC(CCCO)C(N)(CCC1Cc2ccc(O)cc2CN1CC(C)C)C(=O)O.Cl.Cl. The number of aliphatic hydroxyl groups excluding tert-OH is 1. The number of aromatic hydroxyl groups is 1. The molecule has 0 aromatic heterocycles. The molecule has 1 aliphatic heterocycles. The summed E-state index contributed by atoms with van der Waals surface area (Å²) in [5.74, 6) is -0.392. The lowest BCUT2D eigenvalue weighted by atomic mass is 9.66. The predicted octanol–water partition coefficient (Wildman–Crippen LogP) is 2.37. The van der Waals surface area contributed by atoms with Crippen molar-refractivity contribution in [3.63, 3.8) is 0 Å². The van der Waals surface area contributed by atoms with Crippen molar-refractivity contribution in [3.8, 4) is 5.75 Å². The van der Waals surface area contributed by atoms with Gasteiger partial charge in [-0.3, -0.25) is 9.69 Å². The minimum Gasteiger partial charge on any atom is -0.508 e. The average Bonchev–Trinajstić information content (AvgIpc) is 2.63. The molecule has 1 aromatic rings. The molecule has 1 aliphatic rings. The number of nitrogens with zero attached hydrogens (tertiary/aromatic N) is 1. The summed E-state index contributed by atoms with van der Waals surface area (Å²) >= 11 is 0. The van der Waals surface area contributed by atoms with Crippen LogP contribution in [0, 0.1) is 5.92 Å². The van der Waals surface area contributed by atoms with E-state index in [1.165, 1.54) is 5.56 Å². The maximum Gasteiger partial charge on any atom is 0.323 e. The second-order valence-electron chi connectivity index (χ2n) is 8.79. The normalized spacial score (nSPS) is 19.2. The molecular weight excluding hydrogens is 426 g/mol. The Morgan fingerprint density at radius 1 is 1.33 bits per heavy atom. The summed E-state index contributed by atoms with van der Waals surface area (Å²) in [6, 6.07) is 5.75. The van der Waals surface area contributed by atoms with Gasteiger partial charge in [0.05, 0.1) is 0 Å². The van der Waals surface area contributed by atoms with Crippen LogP contribution in [0.5, 0.6) is 5.75 Å². The molecule has 0 saturated heterocycles. The number of nitrogens with two attached hydrogens (primary N) is 1. The third kappa shape index (κ3) is 7.31. The quantitative estimate of drug-likeness (QED) is 0.397. The molecule has 30 heavy (non-hydrogen) atoms.